The summed E-state index contributed by atoms with van der Waals surface area (Å²) in [6.45, 7) is 0.383. The first kappa shape index (κ1) is 12.7. The second-order valence-corrected chi connectivity index (χ2v) is 5.77. The van der Waals surface area contributed by atoms with Gasteiger partial charge in [-0.15, -0.1) is 0 Å². The third kappa shape index (κ3) is 2.72. The van der Waals surface area contributed by atoms with E-state index in [9.17, 15) is 0 Å². The molecule has 1 fully saturated rings. The summed E-state index contributed by atoms with van der Waals surface area (Å²) in [4.78, 5) is 8.66. The molecule has 3 aromatic heterocycles. The maximum Gasteiger partial charge on any atom is 0.215 e. The number of aromatic nitrogens is 3. The van der Waals surface area contributed by atoms with E-state index in [0.717, 1.165) is 17.3 Å². The summed E-state index contributed by atoms with van der Waals surface area (Å²) >= 11 is 5.90. The van der Waals surface area contributed by atoms with Gasteiger partial charge in [0.25, 0.3) is 0 Å². The number of halogens is 1. The minimum Gasteiger partial charge on any atom is -0.471 e. The van der Waals surface area contributed by atoms with Gasteiger partial charge in [0.1, 0.15) is 12.3 Å². The lowest BCUT2D eigenvalue weighted by Crippen LogP contribution is -1.97. The monoisotopic (exact) mass is 299 g/mol. The smallest absolute Gasteiger partial charge is 0.215 e. The average molecular weight is 300 g/mol. The highest BCUT2D eigenvalue weighted by atomic mass is 35.5. The van der Waals surface area contributed by atoms with Gasteiger partial charge in [0.05, 0.1) is 5.69 Å². The first-order valence-electron chi connectivity index (χ1n) is 7.00. The van der Waals surface area contributed by atoms with Crippen molar-refractivity contribution in [3.8, 4) is 5.88 Å². The van der Waals surface area contributed by atoms with Crippen LogP contribution in [-0.4, -0.2) is 14.4 Å². The number of rotatable bonds is 4. The molecule has 0 amide bonds. The number of ether oxygens (including phenoxy) is 1. The van der Waals surface area contributed by atoms with E-state index in [-0.39, 0.29) is 0 Å². The lowest BCUT2D eigenvalue weighted by Gasteiger charge is -2.02. The summed E-state index contributed by atoms with van der Waals surface area (Å²) in [6, 6.07) is 7.65. The number of fused-ring (bicyclic) bond motifs is 1. The molecule has 4 nitrogen and oxygen atoms in total. The fourth-order valence-corrected chi connectivity index (χ4v) is 2.55. The molecule has 0 atom stereocenters. The number of nitrogens with zero attached hydrogens (tertiary/aromatic N) is 3. The van der Waals surface area contributed by atoms with Gasteiger partial charge in [-0.05, 0) is 36.5 Å². The second-order valence-electron chi connectivity index (χ2n) is 5.34. The SMILES string of the molecule is Clc1ccnc(OCc2cn3cc(C4CC4)ccc3n2)c1. The molecule has 0 N–H and O–H groups in total. The van der Waals surface area contributed by atoms with E-state index in [2.05, 4.69) is 32.7 Å². The Labute approximate surface area is 127 Å². The van der Waals surface area contributed by atoms with Crippen LogP contribution in [0.3, 0.4) is 0 Å². The molecule has 1 saturated carbocycles. The molecule has 21 heavy (non-hydrogen) atoms. The normalized spacial score (nSPS) is 14.5. The molecule has 0 saturated heterocycles. The van der Waals surface area contributed by atoms with Crippen molar-refractivity contribution in [2.45, 2.75) is 25.4 Å². The molecule has 1 aliphatic rings. The zero-order valence-electron chi connectivity index (χ0n) is 11.4. The third-order valence-corrected chi connectivity index (χ3v) is 3.87. The van der Waals surface area contributed by atoms with Crippen LogP contribution in [0, 0.1) is 0 Å². The average Bonchev–Trinajstić information content (AvgIpc) is 3.25. The largest absolute Gasteiger partial charge is 0.471 e. The molecule has 0 radical (unpaired) electrons. The summed E-state index contributed by atoms with van der Waals surface area (Å²) in [5, 5.41) is 0.615. The highest BCUT2D eigenvalue weighted by molar-refractivity contribution is 6.30. The quantitative estimate of drug-likeness (QED) is 0.735. The van der Waals surface area contributed by atoms with Crippen LogP contribution >= 0.6 is 11.6 Å². The molecule has 0 aromatic carbocycles. The van der Waals surface area contributed by atoms with Gasteiger partial charge in [-0.3, -0.25) is 0 Å². The fourth-order valence-electron chi connectivity index (χ4n) is 2.40. The zero-order valence-corrected chi connectivity index (χ0v) is 12.1. The van der Waals surface area contributed by atoms with Gasteiger partial charge in [-0.2, -0.15) is 0 Å². The van der Waals surface area contributed by atoms with E-state index >= 15 is 0 Å². The van der Waals surface area contributed by atoms with Gasteiger partial charge in [0.2, 0.25) is 5.88 Å². The summed E-state index contributed by atoms with van der Waals surface area (Å²) in [6.07, 6.45) is 8.41. The minimum absolute atomic E-state index is 0.383. The Hall–Kier alpha value is -2.07. The van der Waals surface area contributed by atoms with Crippen molar-refractivity contribution in [3.05, 3.63) is 59.1 Å². The first-order valence-corrected chi connectivity index (χ1v) is 7.37. The van der Waals surface area contributed by atoms with Gasteiger partial charge >= 0.3 is 0 Å². The van der Waals surface area contributed by atoms with Crippen molar-refractivity contribution in [2.75, 3.05) is 0 Å². The van der Waals surface area contributed by atoms with Crippen LogP contribution in [0.4, 0.5) is 0 Å². The fraction of sp³-hybridized carbons (Fsp3) is 0.250. The van der Waals surface area contributed by atoms with E-state index in [0.29, 0.717) is 17.5 Å². The third-order valence-electron chi connectivity index (χ3n) is 3.64. The first-order chi connectivity index (χ1) is 10.3. The van der Waals surface area contributed by atoms with Crippen molar-refractivity contribution >= 4 is 17.2 Å². The molecule has 0 bridgehead atoms. The van der Waals surface area contributed by atoms with Crippen molar-refractivity contribution in [1.29, 1.82) is 0 Å². The molecule has 3 heterocycles. The Balaban J connectivity index is 1.53. The van der Waals surface area contributed by atoms with E-state index in [1.165, 1.54) is 18.4 Å². The molecular formula is C16H14ClN3O. The van der Waals surface area contributed by atoms with Crippen LogP contribution in [0.25, 0.3) is 5.65 Å². The van der Waals surface area contributed by atoms with E-state index < -0.39 is 0 Å². The molecular weight excluding hydrogens is 286 g/mol. The maximum atomic E-state index is 5.90. The van der Waals surface area contributed by atoms with Crippen molar-refractivity contribution < 1.29 is 4.74 Å². The Morgan fingerprint density at radius 3 is 2.95 bits per heavy atom. The summed E-state index contributed by atoms with van der Waals surface area (Å²) in [5.41, 5.74) is 3.21. The lowest BCUT2D eigenvalue weighted by molar-refractivity contribution is 0.290. The summed E-state index contributed by atoms with van der Waals surface area (Å²) in [7, 11) is 0. The van der Waals surface area contributed by atoms with Crippen LogP contribution < -0.4 is 4.74 Å². The Kier molecular flexibility index (Phi) is 3.04. The number of hydrogen-bond donors (Lipinski definition) is 0. The van der Waals surface area contributed by atoms with Crippen LogP contribution in [0.1, 0.15) is 30.0 Å². The maximum absolute atomic E-state index is 5.90. The van der Waals surface area contributed by atoms with Gasteiger partial charge < -0.3 is 9.14 Å². The van der Waals surface area contributed by atoms with Crippen LogP contribution in [0.2, 0.25) is 5.02 Å². The van der Waals surface area contributed by atoms with Gasteiger partial charge in [0.15, 0.2) is 0 Å². The van der Waals surface area contributed by atoms with Crippen molar-refractivity contribution in [3.63, 3.8) is 0 Å². The highest BCUT2D eigenvalue weighted by Gasteiger charge is 2.23. The molecule has 5 heteroatoms. The standard InChI is InChI=1S/C16H14ClN3O/c17-13-5-6-18-16(7-13)21-10-14-9-20-8-12(11-1-2-11)3-4-15(20)19-14/h3-9,11H,1-2,10H2. The Morgan fingerprint density at radius 1 is 1.24 bits per heavy atom. The topological polar surface area (TPSA) is 39.4 Å². The molecule has 106 valence electrons. The van der Waals surface area contributed by atoms with E-state index in [4.69, 9.17) is 16.3 Å². The number of hydrogen-bond acceptors (Lipinski definition) is 3. The zero-order chi connectivity index (χ0) is 14.2. The van der Waals surface area contributed by atoms with Crippen molar-refractivity contribution in [2.24, 2.45) is 0 Å². The molecule has 0 aliphatic heterocycles. The minimum atomic E-state index is 0.383. The predicted octanol–water partition coefficient (Wildman–Crippen LogP) is 3.84. The van der Waals surface area contributed by atoms with Gasteiger partial charge in [-0.1, -0.05) is 17.7 Å². The molecule has 3 aromatic rings. The predicted molar refractivity (Wildman–Crippen MR) is 80.7 cm³/mol. The van der Waals surface area contributed by atoms with Gasteiger partial charge in [-0.25, -0.2) is 9.97 Å². The molecule has 0 spiro atoms. The van der Waals surface area contributed by atoms with Gasteiger partial charge in [0, 0.05) is 29.7 Å². The Bertz CT molecular complexity index is 795. The van der Waals surface area contributed by atoms with Crippen LogP contribution in [-0.2, 0) is 6.61 Å². The van der Waals surface area contributed by atoms with Crippen LogP contribution in [0.15, 0.2) is 42.9 Å². The molecule has 4 rings (SSSR count). The van der Waals surface area contributed by atoms with Crippen molar-refractivity contribution in [1.82, 2.24) is 14.4 Å². The summed E-state index contributed by atoms with van der Waals surface area (Å²) < 4.78 is 7.69. The number of pyridine rings is 2. The molecule has 1 aliphatic carbocycles. The number of imidazole rings is 1. The van der Waals surface area contributed by atoms with E-state index in [1.807, 2.05) is 6.20 Å². The lowest BCUT2D eigenvalue weighted by atomic mass is 10.2. The second kappa shape index (κ2) is 5.04. The van der Waals surface area contributed by atoms with E-state index in [1.54, 1.807) is 18.3 Å². The Morgan fingerprint density at radius 2 is 2.14 bits per heavy atom. The summed E-state index contributed by atoms with van der Waals surface area (Å²) in [5.74, 6) is 1.25. The highest BCUT2D eigenvalue weighted by Crippen LogP contribution is 2.39. The van der Waals surface area contributed by atoms with Crippen LogP contribution in [0.5, 0.6) is 5.88 Å². The molecule has 0 unspecified atom stereocenters.